The minimum Gasteiger partial charge on any atom is -0.469 e. The summed E-state index contributed by atoms with van der Waals surface area (Å²) in [6, 6.07) is 3.61. The van der Waals surface area contributed by atoms with E-state index in [0.29, 0.717) is 5.02 Å². The summed E-state index contributed by atoms with van der Waals surface area (Å²) in [5, 5.41) is 0.646. The Morgan fingerprint density at radius 1 is 1.64 bits per heavy atom. The Labute approximate surface area is 109 Å². The molecule has 0 aliphatic rings. The molecule has 1 aromatic rings. The number of halogens is 3. The zero-order valence-electron chi connectivity index (χ0n) is 7.31. The predicted octanol–water partition coefficient (Wildman–Crippen LogP) is 3.42. The number of ether oxygens (including phenoxy) is 1. The lowest BCUT2D eigenvalue weighted by Crippen LogP contribution is -2.06. The molecule has 0 saturated carbocycles. The standard InChI is InChI=1S/C9H7BrClIO2/c1-14-8(13)4-5-6(10)2-3-7(11)9(5)12/h2-3H,4H2,1H3. The van der Waals surface area contributed by atoms with Gasteiger partial charge in [-0.2, -0.15) is 0 Å². The third kappa shape index (κ3) is 2.84. The van der Waals surface area contributed by atoms with Gasteiger partial charge in [-0.05, 0) is 40.3 Å². The van der Waals surface area contributed by atoms with Gasteiger partial charge in [-0.3, -0.25) is 4.79 Å². The van der Waals surface area contributed by atoms with E-state index in [1.54, 1.807) is 6.07 Å². The zero-order chi connectivity index (χ0) is 10.7. The summed E-state index contributed by atoms with van der Waals surface area (Å²) in [6.45, 7) is 0. The molecule has 5 heteroatoms. The lowest BCUT2D eigenvalue weighted by Gasteiger charge is -2.07. The highest BCUT2D eigenvalue weighted by molar-refractivity contribution is 14.1. The number of benzene rings is 1. The third-order valence-electron chi connectivity index (χ3n) is 1.69. The minimum absolute atomic E-state index is 0.232. The van der Waals surface area contributed by atoms with Crippen molar-refractivity contribution in [2.75, 3.05) is 7.11 Å². The second kappa shape index (κ2) is 5.32. The van der Waals surface area contributed by atoms with Crippen LogP contribution in [0.5, 0.6) is 0 Å². The maximum absolute atomic E-state index is 11.1. The van der Waals surface area contributed by atoms with Gasteiger partial charge in [0.1, 0.15) is 0 Å². The summed E-state index contributed by atoms with van der Waals surface area (Å²) in [4.78, 5) is 11.1. The first kappa shape index (κ1) is 12.3. The second-order valence-electron chi connectivity index (χ2n) is 2.57. The average molecular weight is 389 g/mol. The molecule has 0 atom stereocenters. The number of esters is 1. The summed E-state index contributed by atoms with van der Waals surface area (Å²) < 4.78 is 6.35. The lowest BCUT2D eigenvalue weighted by atomic mass is 10.1. The van der Waals surface area contributed by atoms with Crippen molar-refractivity contribution < 1.29 is 9.53 Å². The fraction of sp³-hybridized carbons (Fsp3) is 0.222. The third-order valence-corrected chi connectivity index (χ3v) is 4.30. The van der Waals surface area contributed by atoms with Crippen LogP contribution in [-0.2, 0) is 16.0 Å². The van der Waals surface area contributed by atoms with Gasteiger partial charge in [0, 0.05) is 8.04 Å². The molecule has 0 aromatic heterocycles. The van der Waals surface area contributed by atoms with Crippen molar-refractivity contribution in [3.05, 3.63) is 30.8 Å². The van der Waals surface area contributed by atoms with Crippen LogP contribution in [0.3, 0.4) is 0 Å². The zero-order valence-corrected chi connectivity index (χ0v) is 11.8. The second-order valence-corrected chi connectivity index (χ2v) is 4.91. The van der Waals surface area contributed by atoms with Crippen molar-refractivity contribution in [1.29, 1.82) is 0 Å². The van der Waals surface area contributed by atoms with E-state index < -0.39 is 0 Å². The number of carbonyl (C=O) groups is 1. The van der Waals surface area contributed by atoms with E-state index >= 15 is 0 Å². The highest BCUT2D eigenvalue weighted by Gasteiger charge is 2.12. The van der Waals surface area contributed by atoms with Crippen LogP contribution < -0.4 is 0 Å². The fourth-order valence-corrected chi connectivity index (χ4v) is 2.63. The molecule has 0 spiro atoms. The van der Waals surface area contributed by atoms with Crippen LogP contribution in [-0.4, -0.2) is 13.1 Å². The molecule has 0 aliphatic carbocycles. The van der Waals surface area contributed by atoms with E-state index in [9.17, 15) is 4.79 Å². The molecular formula is C9H7BrClIO2. The quantitative estimate of drug-likeness (QED) is 0.440. The summed E-state index contributed by atoms with van der Waals surface area (Å²) in [5.41, 5.74) is 0.866. The Kier molecular flexibility index (Phi) is 4.66. The van der Waals surface area contributed by atoms with Gasteiger partial charge in [0.25, 0.3) is 0 Å². The monoisotopic (exact) mass is 388 g/mol. The molecule has 0 fully saturated rings. The van der Waals surface area contributed by atoms with Gasteiger partial charge in [0.05, 0.1) is 18.6 Å². The number of methoxy groups -OCH3 is 1. The summed E-state index contributed by atoms with van der Waals surface area (Å²) in [5.74, 6) is -0.272. The highest BCUT2D eigenvalue weighted by atomic mass is 127. The molecule has 76 valence electrons. The molecule has 0 radical (unpaired) electrons. The Morgan fingerprint density at radius 2 is 2.29 bits per heavy atom. The molecule has 0 amide bonds. The van der Waals surface area contributed by atoms with E-state index in [1.807, 2.05) is 6.07 Å². The molecule has 0 unspecified atom stereocenters. The van der Waals surface area contributed by atoms with Gasteiger partial charge in [-0.15, -0.1) is 0 Å². The van der Waals surface area contributed by atoms with Crippen molar-refractivity contribution >= 4 is 56.1 Å². The molecule has 0 bridgehead atoms. The number of hydrogen-bond donors (Lipinski definition) is 0. The first-order valence-electron chi connectivity index (χ1n) is 3.75. The van der Waals surface area contributed by atoms with Gasteiger partial charge < -0.3 is 4.74 Å². The Hall–Kier alpha value is 0.190. The molecule has 0 heterocycles. The Balaban J connectivity index is 3.06. The summed E-state index contributed by atoms with van der Waals surface area (Å²) in [6.07, 6.45) is 0.232. The molecule has 0 saturated heterocycles. The van der Waals surface area contributed by atoms with Crippen LogP contribution in [0, 0.1) is 3.57 Å². The molecule has 1 rings (SSSR count). The first-order valence-corrected chi connectivity index (χ1v) is 6.00. The van der Waals surface area contributed by atoms with Crippen molar-refractivity contribution in [2.45, 2.75) is 6.42 Å². The van der Waals surface area contributed by atoms with Gasteiger partial charge in [-0.1, -0.05) is 27.5 Å². The van der Waals surface area contributed by atoms with Crippen LogP contribution in [0.1, 0.15) is 5.56 Å². The van der Waals surface area contributed by atoms with Crippen LogP contribution in [0.15, 0.2) is 16.6 Å². The van der Waals surface area contributed by atoms with Crippen LogP contribution in [0.4, 0.5) is 0 Å². The largest absolute Gasteiger partial charge is 0.469 e. The van der Waals surface area contributed by atoms with E-state index in [0.717, 1.165) is 13.6 Å². The first-order chi connectivity index (χ1) is 6.56. The van der Waals surface area contributed by atoms with Crippen molar-refractivity contribution in [3.63, 3.8) is 0 Å². The topological polar surface area (TPSA) is 26.3 Å². The SMILES string of the molecule is COC(=O)Cc1c(Br)ccc(Cl)c1I. The molecule has 14 heavy (non-hydrogen) atoms. The van der Waals surface area contributed by atoms with E-state index in [4.69, 9.17) is 11.6 Å². The van der Waals surface area contributed by atoms with Crippen LogP contribution >= 0.6 is 50.1 Å². The van der Waals surface area contributed by atoms with E-state index in [2.05, 4.69) is 43.3 Å². The van der Waals surface area contributed by atoms with Gasteiger partial charge in [0.2, 0.25) is 0 Å². The van der Waals surface area contributed by atoms with Gasteiger partial charge in [0.15, 0.2) is 0 Å². The van der Waals surface area contributed by atoms with Crippen molar-refractivity contribution in [1.82, 2.24) is 0 Å². The van der Waals surface area contributed by atoms with E-state index in [-0.39, 0.29) is 12.4 Å². The number of carbonyl (C=O) groups excluding carboxylic acids is 1. The maximum Gasteiger partial charge on any atom is 0.310 e. The van der Waals surface area contributed by atoms with Crippen LogP contribution in [0.25, 0.3) is 0 Å². The van der Waals surface area contributed by atoms with Gasteiger partial charge in [-0.25, -0.2) is 0 Å². The van der Waals surface area contributed by atoms with E-state index in [1.165, 1.54) is 7.11 Å². The Morgan fingerprint density at radius 3 is 2.86 bits per heavy atom. The molecule has 0 N–H and O–H groups in total. The normalized spacial score (nSPS) is 10.0. The summed E-state index contributed by atoms with van der Waals surface area (Å²) in [7, 11) is 1.37. The van der Waals surface area contributed by atoms with Crippen LogP contribution in [0.2, 0.25) is 5.02 Å². The molecule has 0 aliphatic heterocycles. The highest BCUT2D eigenvalue weighted by Crippen LogP contribution is 2.29. The number of rotatable bonds is 2. The Bertz CT molecular complexity index is 368. The van der Waals surface area contributed by atoms with Crippen molar-refractivity contribution in [2.24, 2.45) is 0 Å². The average Bonchev–Trinajstić information content (AvgIpc) is 2.18. The molecular weight excluding hydrogens is 382 g/mol. The maximum atomic E-state index is 11.1. The molecule has 1 aromatic carbocycles. The lowest BCUT2D eigenvalue weighted by molar-refractivity contribution is -0.139. The fourth-order valence-electron chi connectivity index (χ4n) is 0.948. The van der Waals surface area contributed by atoms with Gasteiger partial charge >= 0.3 is 5.97 Å². The predicted molar refractivity (Wildman–Crippen MR) is 67.6 cm³/mol. The molecule has 2 nitrogen and oxygen atoms in total. The minimum atomic E-state index is -0.272. The summed E-state index contributed by atoms with van der Waals surface area (Å²) >= 11 is 11.4. The number of hydrogen-bond acceptors (Lipinski definition) is 2. The smallest absolute Gasteiger partial charge is 0.310 e. The van der Waals surface area contributed by atoms with Crippen molar-refractivity contribution in [3.8, 4) is 0 Å².